The van der Waals surface area contributed by atoms with Crippen LogP contribution in [0.3, 0.4) is 0 Å². The first kappa shape index (κ1) is 18.8. The third-order valence-electron chi connectivity index (χ3n) is 5.72. The predicted octanol–water partition coefficient (Wildman–Crippen LogP) is 2.38. The summed E-state index contributed by atoms with van der Waals surface area (Å²) in [5.41, 5.74) is 8.19. The number of nitriles is 1. The van der Waals surface area contributed by atoms with Gasteiger partial charge in [-0.3, -0.25) is 9.36 Å². The van der Waals surface area contributed by atoms with Gasteiger partial charge >= 0.3 is 0 Å². The van der Waals surface area contributed by atoms with Crippen molar-refractivity contribution in [2.45, 2.75) is 25.8 Å². The maximum absolute atomic E-state index is 13.6. The Balaban J connectivity index is 1.76. The van der Waals surface area contributed by atoms with E-state index >= 15 is 0 Å². The van der Waals surface area contributed by atoms with E-state index in [1.807, 2.05) is 48.2 Å². The average Bonchev–Trinajstić information content (AvgIpc) is 3.41. The van der Waals surface area contributed by atoms with Crippen molar-refractivity contribution in [2.75, 3.05) is 17.2 Å². The molecule has 1 aliphatic heterocycles. The minimum absolute atomic E-state index is 0.131. The van der Waals surface area contributed by atoms with Gasteiger partial charge in [0.1, 0.15) is 29.3 Å². The van der Waals surface area contributed by atoms with Gasteiger partial charge in [0.25, 0.3) is 5.56 Å². The number of nitrogens with zero attached hydrogens (tertiary/aromatic N) is 7. The normalized spacial score (nSPS) is 16.0. The van der Waals surface area contributed by atoms with E-state index in [9.17, 15) is 10.1 Å². The Morgan fingerprint density at radius 2 is 2.00 bits per heavy atom. The molecule has 0 amide bonds. The summed E-state index contributed by atoms with van der Waals surface area (Å²) >= 11 is 0. The van der Waals surface area contributed by atoms with Crippen LogP contribution >= 0.6 is 0 Å². The van der Waals surface area contributed by atoms with Crippen LogP contribution in [0.15, 0.2) is 53.7 Å². The Morgan fingerprint density at radius 1 is 1.19 bits per heavy atom. The molecule has 3 aromatic heterocycles. The maximum atomic E-state index is 13.6. The van der Waals surface area contributed by atoms with Crippen LogP contribution in [0.2, 0.25) is 0 Å². The molecule has 1 aromatic carbocycles. The summed E-state index contributed by atoms with van der Waals surface area (Å²) in [6.45, 7) is 2.57. The summed E-state index contributed by atoms with van der Waals surface area (Å²) in [6.07, 6.45) is 4.79. The molecule has 154 valence electrons. The molecule has 2 N–H and O–H groups in total. The topological polar surface area (TPSA) is 118 Å². The number of benzene rings is 1. The van der Waals surface area contributed by atoms with E-state index < -0.39 is 0 Å². The summed E-state index contributed by atoms with van der Waals surface area (Å²) < 4.78 is 3.31. The molecule has 9 heteroatoms. The van der Waals surface area contributed by atoms with Gasteiger partial charge < -0.3 is 10.6 Å². The van der Waals surface area contributed by atoms with E-state index in [0.717, 1.165) is 24.1 Å². The minimum Gasteiger partial charge on any atom is -0.382 e. The first-order chi connectivity index (χ1) is 15.1. The van der Waals surface area contributed by atoms with Crippen molar-refractivity contribution in [1.29, 1.82) is 5.26 Å². The number of hydrogen-bond donors (Lipinski definition) is 1. The molecule has 4 heterocycles. The molecule has 4 aromatic rings. The van der Waals surface area contributed by atoms with Crippen LogP contribution in [0, 0.1) is 18.3 Å². The fourth-order valence-electron chi connectivity index (χ4n) is 4.28. The van der Waals surface area contributed by atoms with E-state index in [4.69, 9.17) is 10.8 Å². The van der Waals surface area contributed by atoms with Gasteiger partial charge in [-0.25, -0.2) is 14.5 Å². The average molecular weight is 412 g/mol. The van der Waals surface area contributed by atoms with Gasteiger partial charge in [0.2, 0.25) is 0 Å². The van der Waals surface area contributed by atoms with Gasteiger partial charge in [-0.05, 0) is 43.5 Å². The monoisotopic (exact) mass is 412 g/mol. The molecule has 5 rings (SSSR count). The van der Waals surface area contributed by atoms with Gasteiger partial charge in [-0.1, -0.05) is 18.2 Å². The maximum Gasteiger partial charge on any atom is 0.282 e. The molecular formula is C22H20N8O. The predicted molar refractivity (Wildman–Crippen MR) is 116 cm³/mol. The molecule has 1 atom stereocenters. The zero-order chi connectivity index (χ0) is 21.5. The van der Waals surface area contributed by atoms with Crippen LogP contribution in [0.5, 0.6) is 0 Å². The summed E-state index contributed by atoms with van der Waals surface area (Å²) in [4.78, 5) is 23.9. The summed E-state index contributed by atoms with van der Waals surface area (Å²) in [5.74, 6) is 1.20. The summed E-state index contributed by atoms with van der Waals surface area (Å²) in [5, 5.41) is 14.5. The molecular weight excluding hydrogens is 392 g/mol. The molecule has 0 bridgehead atoms. The van der Waals surface area contributed by atoms with E-state index in [0.29, 0.717) is 23.7 Å². The van der Waals surface area contributed by atoms with Crippen LogP contribution in [0.4, 0.5) is 11.6 Å². The number of anilines is 2. The minimum atomic E-state index is -0.249. The van der Waals surface area contributed by atoms with Gasteiger partial charge in [0, 0.05) is 12.7 Å². The molecule has 1 aliphatic rings. The highest BCUT2D eigenvalue weighted by atomic mass is 16.1. The lowest BCUT2D eigenvalue weighted by Crippen LogP contribution is -2.33. The smallest absolute Gasteiger partial charge is 0.282 e. The molecule has 31 heavy (non-hydrogen) atoms. The Kier molecular flexibility index (Phi) is 4.40. The van der Waals surface area contributed by atoms with Crippen LogP contribution < -0.4 is 16.2 Å². The lowest BCUT2D eigenvalue weighted by molar-refractivity contribution is 0.600. The second kappa shape index (κ2) is 7.25. The Labute approximate surface area is 178 Å². The second-order valence-electron chi connectivity index (χ2n) is 7.55. The van der Waals surface area contributed by atoms with Gasteiger partial charge in [-0.15, -0.1) is 0 Å². The lowest BCUT2D eigenvalue weighted by Gasteiger charge is -2.28. The Hall–Kier alpha value is -4.19. The number of nitrogen functional groups attached to an aromatic ring is 1. The molecule has 0 aliphatic carbocycles. The molecule has 1 fully saturated rings. The standard InChI is InChI=1S/C22H20N8O/c1-14-9-11-29-18(14)22(31)30(15-6-3-2-4-7-15)21(27-29)17-8-5-10-28(17)20-16(12-23)19(24)25-13-26-20/h2-4,6-7,9,11,13,17H,5,8,10H2,1H3,(H2,24,25,26)/t17-/m0/s1. The molecule has 9 nitrogen and oxygen atoms in total. The molecule has 0 saturated carbocycles. The van der Waals surface area contributed by atoms with E-state index in [1.165, 1.54) is 6.33 Å². The molecule has 0 unspecified atom stereocenters. The number of rotatable bonds is 3. The SMILES string of the molecule is Cc1ccn2nc([C@@H]3CCCN3c3ncnc(N)c3C#N)n(-c3ccccc3)c(=O)c12. The third-order valence-corrected chi connectivity index (χ3v) is 5.72. The fourth-order valence-corrected chi connectivity index (χ4v) is 4.28. The van der Waals surface area contributed by atoms with Crippen molar-refractivity contribution in [3.8, 4) is 11.8 Å². The number of fused-ring (bicyclic) bond motifs is 1. The lowest BCUT2D eigenvalue weighted by atomic mass is 10.1. The van der Waals surface area contributed by atoms with Gasteiger partial charge in [0.15, 0.2) is 11.6 Å². The zero-order valence-corrected chi connectivity index (χ0v) is 16.9. The number of para-hydroxylation sites is 1. The highest BCUT2D eigenvalue weighted by Crippen LogP contribution is 2.37. The first-order valence-electron chi connectivity index (χ1n) is 10.0. The fraction of sp³-hybridized carbons (Fsp3) is 0.227. The van der Waals surface area contributed by atoms with Crippen molar-refractivity contribution in [1.82, 2.24) is 24.1 Å². The highest BCUT2D eigenvalue weighted by molar-refractivity contribution is 5.64. The number of hydrogen-bond acceptors (Lipinski definition) is 7. The number of aromatic nitrogens is 5. The van der Waals surface area contributed by atoms with Crippen molar-refractivity contribution >= 4 is 17.2 Å². The van der Waals surface area contributed by atoms with Crippen LogP contribution in [0.1, 0.15) is 35.8 Å². The second-order valence-corrected chi connectivity index (χ2v) is 7.55. The van der Waals surface area contributed by atoms with Crippen molar-refractivity contribution in [3.05, 3.63) is 76.2 Å². The Bertz CT molecular complexity index is 1380. The van der Waals surface area contributed by atoms with Crippen molar-refractivity contribution < 1.29 is 0 Å². The van der Waals surface area contributed by atoms with Crippen molar-refractivity contribution in [3.63, 3.8) is 0 Å². The van der Waals surface area contributed by atoms with E-state index in [-0.39, 0.29) is 23.0 Å². The number of nitrogens with two attached hydrogens (primary N) is 1. The van der Waals surface area contributed by atoms with E-state index in [1.54, 1.807) is 15.3 Å². The zero-order valence-electron chi connectivity index (χ0n) is 16.9. The highest BCUT2D eigenvalue weighted by Gasteiger charge is 2.34. The first-order valence-corrected chi connectivity index (χ1v) is 10.0. The molecule has 0 spiro atoms. The van der Waals surface area contributed by atoms with Gasteiger partial charge in [0.05, 0.1) is 11.7 Å². The van der Waals surface area contributed by atoms with E-state index in [2.05, 4.69) is 16.0 Å². The third kappa shape index (κ3) is 2.92. The molecule has 0 radical (unpaired) electrons. The summed E-state index contributed by atoms with van der Waals surface area (Å²) in [6, 6.07) is 13.2. The molecule has 1 saturated heterocycles. The van der Waals surface area contributed by atoms with Crippen molar-refractivity contribution in [2.24, 2.45) is 0 Å². The summed E-state index contributed by atoms with van der Waals surface area (Å²) in [7, 11) is 0. The van der Waals surface area contributed by atoms with Crippen LogP contribution in [-0.4, -0.2) is 30.7 Å². The largest absolute Gasteiger partial charge is 0.382 e. The quantitative estimate of drug-likeness (QED) is 0.549. The number of aryl methyl sites for hydroxylation is 1. The Morgan fingerprint density at radius 3 is 2.77 bits per heavy atom. The van der Waals surface area contributed by atoms with Gasteiger partial charge in [-0.2, -0.15) is 10.4 Å². The van der Waals surface area contributed by atoms with Crippen LogP contribution in [0.25, 0.3) is 11.2 Å². The van der Waals surface area contributed by atoms with Crippen LogP contribution in [-0.2, 0) is 0 Å².